The number of alkyl halides is 2. The van der Waals surface area contributed by atoms with E-state index in [4.69, 9.17) is 0 Å². The number of carbonyl (C=O) groups is 1. The van der Waals surface area contributed by atoms with Gasteiger partial charge in [0.05, 0.1) is 11.1 Å². The van der Waals surface area contributed by atoms with Crippen molar-refractivity contribution < 1.29 is 27.1 Å². The van der Waals surface area contributed by atoms with Gasteiger partial charge in [0.1, 0.15) is 5.75 Å². The lowest BCUT2D eigenvalue weighted by Gasteiger charge is -2.10. The van der Waals surface area contributed by atoms with Crippen LogP contribution in [0.25, 0.3) is 0 Å². The minimum absolute atomic E-state index is 0.0427. The van der Waals surface area contributed by atoms with Crippen molar-refractivity contribution in [3.05, 3.63) is 64.7 Å². The Morgan fingerprint density at radius 3 is 2.33 bits per heavy atom. The van der Waals surface area contributed by atoms with E-state index >= 15 is 0 Å². The van der Waals surface area contributed by atoms with Crippen molar-refractivity contribution in [2.24, 2.45) is 0 Å². The number of ketones is 1. The predicted molar refractivity (Wildman–Crippen MR) is 67.6 cm³/mol. The fourth-order valence-electron chi connectivity index (χ4n) is 1.82. The summed E-state index contributed by atoms with van der Waals surface area (Å²) in [6.45, 7) is -1.78. The molecule has 0 heterocycles. The zero-order valence-corrected chi connectivity index (χ0v) is 10.9. The van der Waals surface area contributed by atoms with Gasteiger partial charge in [-0.2, -0.15) is 8.78 Å². The molecule has 0 aliphatic carbocycles. The lowest BCUT2D eigenvalue weighted by atomic mass is 10.0. The number of benzene rings is 2. The first-order chi connectivity index (χ1) is 9.91. The fraction of sp³-hybridized carbons (Fsp3) is 0.133. The normalized spacial score (nSPS) is 10.8. The second-order valence-corrected chi connectivity index (χ2v) is 4.26. The minimum atomic E-state index is -3.13. The predicted octanol–water partition coefficient (Wildman–Crippen LogP) is 4.11. The van der Waals surface area contributed by atoms with Crippen molar-refractivity contribution in [2.75, 3.05) is 0 Å². The van der Waals surface area contributed by atoms with Crippen LogP contribution >= 0.6 is 0 Å². The van der Waals surface area contributed by atoms with E-state index in [1.807, 2.05) is 0 Å². The molecular formula is C15H10F4O2. The number of carbonyl (C=O) groups excluding carboxylic acids is 1. The van der Waals surface area contributed by atoms with E-state index in [2.05, 4.69) is 4.74 Å². The van der Waals surface area contributed by atoms with Crippen LogP contribution in [-0.2, 0) is 0 Å². The molecule has 2 rings (SSSR count). The average Bonchev–Trinajstić information content (AvgIpc) is 2.44. The van der Waals surface area contributed by atoms with Crippen molar-refractivity contribution in [2.45, 2.75) is 13.5 Å². The molecule has 0 saturated heterocycles. The molecule has 6 heteroatoms. The molecule has 0 N–H and O–H groups in total. The van der Waals surface area contributed by atoms with Crippen LogP contribution in [0.1, 0.15) is 21.5 Å². The fourth-order valence-corrected chi connectivity index (χ4v) is 1.82. The number of ether oxygens (including phenoxy) is 1. The smallest absolute Gasteiger partial charge is 0.387 e. The molecule has 0 bridgehead atoms. The molecule has 0 aromatic heterocycles. The second kappa shape index (κ2) is 5.95. The third-order valence-corrected chi connectivity index (χ3v) is 2.87. The van der Waals surface area contributed by atoms with Crippen LogP contribution in [0.3, 0.4) is 0 Å². The Hall–Kier alpha value is -2.37. The van der Waals surface area contributed by atoms with Crippen molar-refractivity contribution in [1.29, 1.82) is 0 Å². The average molecular weight is 298 g/mol. The second-order valence-electron chi connectivity index (χ2n) is 4.26. The van der Waals surface area contributed by atoms with Crippen LogP contribution in [0, 0.1) is 18.6 Å². The van der Waals surface area contributed by atoms with Crippen molar-refractivity contribution in [1.82, 2.24) is 0 Å². The molecule has 0 aliphatic heterocycles. The van der Waals surface area contributed by atoms with Gasteiger partial charge in [0.2, 0.25) is 0 Å². The number of hydrogen-bond donors (Lipinski definition) is 0. The van der Waals surface area contributed by atoms with Gasteiger partial charge in [0.25, 0.3) is 0 Å². The van der Waals surface area contributed by atoms with Gasteiger partial charge >= 0.3 is 6.61 Å². The third-order valence-electron chi connectivity index (χ3n) is 2.87. The molecule has 110 valence electrons. The highest BCUT2D eigenvalue weighted by Crippen LogP contribution is 2.25. The van der Waals surface area contributed by atoms with E-state index in [9.17, 15) is 22.4 Å². The van der Waals surface area contributed by atoms with Crippen LogP contribution in [0.2, 0.25) is 0 Å². The van der Waals surface area contributed by atoms with E-state index in [0.29, 0.717) is 0 Å². The van der Waals surface area contributed by atoms with E-state index < -0.39 is 35.3 Å². The summed E-state index contributed by atoms with van der Waals surface area (Å²) in [6.07, 6.45) is 0. The Kier molecular flexibility index (Phi) is 4.26. The summed E-state index contributed by atoms with van der Waals surface area (Å²) in [5.74, 6) is -3.78. The molecule has 2 aromatic rings. The summed E-state index contributed by atoms with van der Waals surface area (Å²) in [6, 6.07) is 7.51. The molecule has 21 heavy (non-hydrogen) atoms. The Morgan fingerprint density at radius 2 is 1.67 bits per heavy atom. The first-order valence-corrected chi connectivity index (χ1v) is 5.95. The molecule has 0 radical (unpaired) electrons. The summed E-state index contributed by atoms with van der Waals surface area (Å²) < 4.78 is 56.1. The van der Waals surface area contributed by atoms with Gasteiger partial charge in [-0.15, -0.1) is 0 Å². The first-order valence-electron chi connectivity index (χ1n) is 5.95. The van der Waals surface area contributed by atoms with Crippen LogP contribution in [0.15, 0.2) is 36.4 Å². The van der Waals surface area contributed by atoms with E-state index in [1.165, 1.54) is 31.2 Å². The zero-order chi connectivity index (χ0) is 15.6. The summed E-state index contributed by atoms with van der Waals surface area (Å²) in [7, 11) is 0. The SMILES string of the molecule is Cc1ccc(C(=O)c2ccccc2OC(F)F)c(F)c1F. The van der Waals surface area contributed by atoms with E-state index in [1.54, 1.807) is 0 Å². The molecular weight excluding hydrogens is 288 g/mol. The highest BCUT2D eigenvalue weighted by Gasteiger charge is 2.22. The van der Waals surface area contributed by atoms with Gasteiger partial charge in [0, 0.05) is 0 Å². The lowest BCUT2D eigenvalue weighted by molar-refractivity contribution is -0.0501. The van der Waals surface area contributed by atoms with Crippen LogP contribution in [0.5, 0.6) is 5.75 Å². The maximum Gasteiger partial charge on any atom is 0.387 e. The van der Waals surface area contributed by atoms with Crippen LogP contribution < -0.4 is 4.74 Å². The maximum absolute atomic E-state index is 13.8. The highest BCUT2D eigenvalue weighted by atomic mass is 19.3. The number of rotatable bonds is 4. The highest BCUT2D eigenvalue weighted by molar-refractivity contribution is 6.10. The summed E-state index contributed by atoms with van der Waals surface area (Å²) in [5, 5.41) is 0. The Bertz CT molecular complexity index is 683. The molecule has 2 nitrogen and oxygen atoms in total. The van der Waals surface area contributed by atoms with Crippen molar-refractivity contribution >= 4 is 5.78 Å². The Balaban J connectivity index is 2.48. The first kappa shape index (κ1) is 15.0. The van der Waals surface area contributed by atoms with Crippen LogP contribution in [-0.4, -0.2) is 12.4 Å². The largest absolute Gasteiger partial charge is 0.434 e. The molecule has 0 spiro atoms. The van der Waals surface area contributed by atoms with Crippen molar-refractivity contribution in [3.63, 3.8) is 0 Å². The monoisotopic (exact) mass is 298 g/mol. The van der Waals surface area contributed by atoms with E-state index in [-0.39, 0.29) is 11.1 Å². The number of halogens is 4. The molecule has 0 amide bonds. The van der Waals surface area contributed by atoms with Gasteiger partial charge < -0.3 is 4.74 Å². The Morgan fingerprint density at radius 1 is 1.00 bits per heavy atom. The molecule has 0 fully saturated rings. The van der Waals surface area contributed by atoms with Gasteiger partial charge in [-0.25, -0.2) is 8.78 Å². The summed E-state index contributed by atoms with van der Waals surface area (Å²) in [5.41, 5.74) is -0.760. The topological polar surface area (TPSA) is 26.3 Å². The lowest BCUT2D eigenvalue weighted by Crippen LogP contribution is -2.11. The van der Waals surface area contributed by atoms with Gasteiger partial charge in [-0.3, -0.25) is 4.79 Å². The maximum atomic E-state index is 13.8. The third kappa shape index (κ3) is 3.04. The van der Waals surface area contributed by atoms with Crippen molar-refractivity contribution in [3.8, 4) is 5.75 Å². The minimum Gasteiger partial charge on any atom is -0.434 e. The van der Waals surface area contributed by atoms with E-state index in [0.717, 1.165) is 12.1 Å². The molecule has 2 aromatic carbocycles. The standard InChI is InChI=1S/C15H10F4O2/c1-8-6-7-10(13(17)12(8)16)14(20)9-4-2-3-5-11(9)21-15(18)19/h2-7,15H,1H3. The van der Waals surface area contributed by atoms with Gasteiger partial charge in [0.15, 0.2) is 17.4 Å². The van der Waals surface area contributed by atoms with Gasteiger partial charge in [-0.05, 0) is 30.7 Å². The van der Waals surface area contributed by atoms with Crippen LogP contribution in [0.4, 0.5) is 17.6 Å². The molecule has 0 atom stereocenters. The number of aryl methyl sites for hydroxylation is 1. The molecule has 0 unspecified atom stereocenters. The number of hydrogen-bond acceptors (Lipinski definition) is 2. The zero-order valence-electron chi connectivity index (χ0n) is 10.9. The number of para-hydroxylation sites is 1. The Labute approximate surface area is 118 Å². The molecule has 0 aliphatic rings. The van der Waals surface area contributed by atoms with Gasteiger partial charge in [-0.1, -0.05) is 18.2 Å². The molecule has 0 saturated carbocycles. The summed E-state index contributed by atoms with van der Waals surface area (Å²) in [4.78, 5) is 12.2. The quantitative estimate of drug-likeness (QED) is 0.627. The summed E-state index contributed by atoms with van der Waals surface area (Å²) >= 11 is 0.